The van der Waals surface area contributed by atoms with Gasteiger partial charge in [0.25, 0.3) is 11.8 Å². The molecule has 3 heterocycles. The number of benzene rings is 4. The van der Waals surface area contributed by atoms with Gasteiger partial charge in [0.2, 0.25) is 0 Å². The standard InChI is InChI=1S/C38H31ClN4O2S/c1-24-7-3-5-9-32(24)33-17-13-27(19-25(33)2)38(45)43-22-31-16-18-35(42(31)21-28-8-4-6-10-34(28)43)36(44)40-20-30-23-46-37(41-30)26-11-14-29(39)15-12-26/h3-19,23H,20-22H2,1-2H3,(H,40,44). The number of anilines is 1. The summed E-state index contributed by atoms with van der Waals surface area (Å²) in [7, 11) is 0. The van der Waals surface area contributed by atoms with Crippen LogP contribution in [0.5, 0.6) is 0 Å². The number of hydrogen-bond acceptors (Lipinski definition) is 4. The number of nitrogens with zero attached hydrogens (tertiary/aromatic N) is 3. The van der Waals surface area contributed by atoms with Crippen LogP contribution in [0.25, 0.3) is 21.7 Å². The molecule has 8 heteroatoms. The van der Waals surface area contributed by atoms with Gasteiger partial charge in [0.1, 0.15) is 10.7 Å². The number of aromatic nitrogens is 2. The van der Waals surface area contributed by atoms with E-state index in [1.807, 2.05) is 106 Å². The highest BCUT2D eigenvalue weighted by Gasteiger charge is 2.27. The van der Waals surface area contributed by atoms with Crippen LogP contribution >= 0.6 is 22.9 Å². The molecule has 0 unspecified atom stereocenters. The predicted molar refractivity (Wildman–Crippen MR) is 186 cm³/mol. The third kappa shape index (κ3) is 5.75. The number of thiazole rings is 1. The zero-order chi connectivity index (χ0) is 31.8. The lowest BCUT2D eigenvalue weighted by molar-refractivity contribution is 0.0940. The van der Waals surface area contributed by atoms with Crippen LogP contribution in [0.1, 0.15) is 48.9 Å². The third-order valence-electron chi connectivity index (χ3n) is 8.46. The Morgan fingerprint density at radius 2 is 1.61 bits per heavy atom. The molecular formula is C38H31ClN4O2S. The van der Waals surface area contributed by atoms with E-state index in [9.17, 15) is 9.59 Å². The van der Waals surface area contributed by atoms with E-state index in [2.05, 4.69) is 31.3 Å². The fraction of sp³-hybridized carbons (Fsp3) is 0.132. The third-order valence-corrected chi connectivity index (χ3v) is 9.65. The number of hydrogen-bond donors (Lipinski definition) is 1. The van der Waals surface area contributed by atoms with E-state index in [4.69, 9.17) is 16.6 Å². The van der Waals surface area contributed by atoms with Crippen LogP contribution < -0.4 is 10.2 Å². The van der Waals surface area contributed by atoms with Crippen molar-refractivity contribution in [3.8, 4) is 21.7 Å². The quantitative estimate of drug-likeness (QED) is 0.198. The monoisotopic (exact) mass is 642 g/mol. The van der Waals surface area contributed by atoms with Gasteiger partial charge in [-0.3, -0.25) is 9.59 Å². The lowest BCUT2D eigenvalue weighted by atomic mass is 9.95. The summed E-state index contributed by atoms with van der Waals surface area (Å²) in [6.45, 7) is 5.28. The molecule has 0 atom stereocenters. The number of rotatable bonds is 6. The summed E-state index contributed by atoms with van der Waals surface area (Å²) in [5.41, 5.74) is 10.2. The molecule has 6 aromatic rings. The number of halogens is 1. The highest BCUT2D eigenvalue weighted by atomic mass is 35.5. The SMILES string of the molecule is Cc1ccccc1-c1ccc(C(=O)N2Cc3ccc(C(=O)NCc4csc(-c5ccc(Cl)cc5)n4)n3Cc3ccccc32)cc1C. The van der Waals surface area contributed by atoms with E-state index in [0.717, 1.165) is 44.3 Å². The van der Waals surface area contributed by atoms with Gasteiger partial charge < -0.3 is 14.8 Å². The van der Waals surface area contributed by atoms with E-state index < -0.39 is 0 Å². The number of fused-ring (bicyclic) bond motifs is 2. The smallest absolute Gasteiger partial charge is 0.268 e. The van der Waals surface area contributed by atoms with Crippen molar-refractivity contribution in [3.05, 3.63) is 153 Å². The molecule has 6 nitrogen and oxygen atoms in total. The Hall–Kier alpha value is -4.98. The summed E-state index contributed by atoms with van der Waals surface area (Å²) in [5, 5.41) is 6.55. The topological polar surface area (TPSA) is 67.2 Å². The number of amides is 2. The molecule has 0 fully saturated rings. The molecule has 228 valence electrons. The van der Waals surface area contributed by atoms with Crippen LogP contribution in [0.4, 0.5) is 5.69 Å². The minimum absolute atomic E-state index is 0.0763. The van der Waals surface area contributed by atoms with Crippen molar-refractivity contribution in [1.82, 2.24) is 14.9 Å². The Morgan fingerprint density at radius 3 is 2.41 bits per heavy atom. The lowest BCUT2D eigenvalue weighted by Crippen LogP contribution is -2.30. The number of aryl methyl sites for hydroxylation is 2. The molecule has 1 aliphatic rings. The minimum atomic E-state index is -0.188. The van der Waals surface area contributed by atoms with E-state index in [-0.39, 0.29) is 11.8 Å². The lowest BCUT2D eigenvalue weighted by Gasteiger charge is -2.23. The molecular weight excluding hydrogens is 612 g/mol. The van der Waals surface area contributed by atoms with Gasteiger partial charge in [-0.1, -0.05) is 72.3 Å². The number of para-hydroxylation sites is 1. The van der Waals surface area contributed by atoms with Crippen LogP contribution in [0, 0.1) is 13.8 Å². The molecule has 0 bridgehead atoms. The molecule has 1 aliphatic heterocycles. The maximum atomic E-state index is 14.1. The average Bonchev–Trinajstić information content (AvgIpc) is 3.67. The molecule has 7 rings (SSSR count). The van der Waals surface area contributed by atoms with Crippen LogP contribution in [-0.2, 0) is 19.6 Å². The van der Waals surface area contributed by atoms with Gasteiger partial charge in [0.05, 0.1) is 25.3 Å². The fourth-order valence-corrected chi connectivity index (χ4v) is 7.00. The average molecular weight is 643 g/mol. The Morgan fingerprint density at radius 1 is 0.848 bits per heavy atom. The molecule has 0 spiro atoms. The van der Waals surface area contributed by atoms with Gasteiger partial charge in [-0.2, -0.15) is 0 Å². The molecule has 2 amide bonds. The summed E-state index contributed by atoms with van der Waals surface area (Å²) < 4.78 is 2.01. The molecule has 1 N–H and O–H groups in total. The Labute approximate surface area is 276 Å². The molecule has 0 radical (unpaired) electrons. The van der Waals surface area contributed by atoms with Crippen molar-refractivity contribution in [2.24, 2.45) is 0 Å². The van der Waals surface area contributed by atoms with E-state index in [1.54, 1.807) is 0 Å². The largest absolute Gasteiger partial charge is 0.345 e. The number of carbonyl (C=O) groups excluding carboxylic acids is 2. The Bertz CT molecular complexity index is 2100. The van der Waals surface area contributed by atoms with Gasteiger partial charge in [-0.25, -0.2) is 4.98 Å². The van der Waals surface area contributed by atoms with Crippen LogP contribution in [0.3, 0.4) is 0 Å². The molecule has 2 aromatic heterocycles. The molecule has 46 heavy (non-hydrogen) atoms. The maximum Gasteiger partial charge on any atom is 0.268 e. The summed E-state index contributed by atoms with van der Waals surface area (Å²) in [4.78, 5) is 34.1. The van der Waals surface area contributed by atoms with Gasteiger partial charge in [-0.05, 0) is 84.1 Å². The van der Waals surface area contributed by atoms with Crippen molar-refractivity contribution in [1.29, 1.82) is 0 Å². The highest BCUT2D eigenvalue weighted by Crippen LogP contribution is 2.32. The fourth-order valence-electron chi connectivity index (χ4n) is 6.04. The van der Waals surface area contributed by atoms with Gasteiger partial charge in [0.15, 0.2) is 0 Å². The van der Waals surface area contributed by atoms with E-state index in [1.165, 1.54) is 22.5 Å². The Kier molecular flexibility index (Phi) is 8.03. The normalized spacial score (nSPS) is 12.3. The van der Waals surface area contributed by atoms with Crippen LogP contribution in [-0.4, -0.2) is 21.4 Å². The zero-order valence-corrected chi connectivity index (χ0v) is 27.0. The first kappa shape index (κ1) is 29.7. The van der Waals surface area contributed by atoms with Crippen molar-refractivity contribution in [2.75, 3.05) is 4.90 Å². The number of carbonyl (C=O) groups is 2. The summed E-state index contributed by atoms with van der Waals surface area (Å²) >= 11 is 7.56. The summed E-state index contributed by atoms with van der Waals surface area (Å²) in [6.07, 6.45) is 0. The number of nitrogens with one attached hydrogen (secondary N) is 1. The van der Waals surface area contributed by atoms with E-state index >= 15 is 0 Å². The second kappa shape index (κ2) is 12.4. The maximum absolute atomic E-state index is 14.1. The summed E-state index contributed by atoms with van der Waals surface area (Å²) in [6, 6.07) is 33.5. The van der Waals surface area contributed by atoms with Gasteiger partial charge in [-0.15, -0.1) is 11.3 Å². The highest BCUT2D eigenvalue weighted by molar-refractivity contribution is 7.13. The van der Waals surface area contributed by atoms with Crippen molar-refractivity contribution < 1.29 is 9.59 Å². The first-order chi connectivity index (χ1) is 22.4. The first-order valence-electron chi connectivity index (χ1n) is 15.1. The molecule has 4 aromatic carbocycles. The first-order valence-corrected chi connectivity index (χ1v) is 16.3. The van der Waals surface area contributed by atoms with Crippen LogP contribution in [0.2, 0.25) is 5.02 Å². The van der Waals surface area contributed by atoms with Crippen molar-refractivity contribution in [3.63, 3.8) is 0 Å². The zero-order valence-electron chi connectivity index (χ0n) is 25.5. The molecule has 0 aliphatic carbocycles. The second-order valence-corrected chi connectivity index (χ2v) is 12.8. The predicted octanol–water partition coefficient (Wildman–Crippen LogP) is 8.69. The van der Waals surface area contributed by atoms with Gasteiger partial charge >= 0.3 is 0 Å². The van der Waals surface area contributed by atoms with Crippen LogP contribution in [0.15, 0.2) is 109 Å². The van der Waals surface area contributed by atoms with Crippen molar-refractivity contribution in [2.45, 2.75) is 33.5 Å². The van der Waals surface area contributed by atoms with E-state index in [0.29, 0.717) is 35.9 Å². The molecule has 0 saturated carbocycles. The molecule has 0 saturated heterocycles. The van der Waals surface area contributed by atoms with Crippen molar-refractivity contribution >= 4 is 40.4 Å². The Balaban J connectivity index is 1.12. The summed E-state index contributed by atoms with van der Waals surface area (Å²) in [5.74, 6) is -0.264. The van der Waals surface area contributed by atoms with Gasteiger partial charge in [0, 0.05) is 32.9 Å². The second-order valence-electron chi connectivity index (χ2n) is 11.5. The minimum Gasteiger partial charge on any atom is -0.345 e.